The molecule has 1 aromatic heterocycles. The first-order valence-corrected chi connectivity index (χ1v) is 5.38. The van der Waals surface area contributed by atoms with E-state index in [0.29, 0.717) is 16.4 Å². The van der Waals surface area contributed by atoms with Crippen LogP contribution in [0.5, 0.6) is 0 Å². The number of nitrogens with zero attached hydrogens (tertiary/aromatic N) is 1. The third-order valence-electron chi connectivity index (χ3n) is 2.71. The van der Waals surface area contributed by atoms with Crippen molar-refractivity contribution < 1.29 is 5.11 Å². The second-order valence-electron chi connectivity index (χ2n) is 3.78. The van der Waals surface area contributed by atoms with Crippen LogP contribution in [-0.4, -0.2) is 22.7 Å². The van der Waals surface area contributed by atoms with Gasteiger partial charge in [-0.05, 0) is 25.5 Å². The van der Waals surface area contributed by atoms with E-state index in [2.05, 4.69) is 10.3 Å². The van der Waals surface area contributed by atoms with Crippen LogP contribution in [-0.2, 0) is 0 Å². The normalized spacial score (nSPS) is 22.9. The van der Waals surface area contributed by atoms with Crippen molar-refractivity contribution in [2.75, 3.05) is 12.3 Å². The predicted molar refractivity (Wildman–Crippen MR) is 59.6 cm³/mol. The second kappa shape index (κ2) is 4.35. The maximum atomic E-state index is 10.1. The van der Waals surface area contributed by atoms with Crippen LogP contribution in [0, 0.1) is 0 Å². The first kappa shape index (κ1) is 10.7. The van der Waals surface area contributed by atoms with Crippen molar-refractivity contribution in [1.29, 1.82) is 0 Å². The summed E-state index contributed by atoms with van der Waals surface area (Å²) >= 11 is 5.82. The van der Waals surface area contributed by atoms with Gasteiger partial charge in [-0.15, -0.1) is 0 Å². The molecule has 5 heteroatoms. The largest absolute Gasteiger partial charge is 0.387 e. The van der Waals surface area contributed by atoms with Gasteiger partial charge in [0.1, 0.15) is 5.82 Å². The number of nitrogens with one attached hydrogen (secondary N) is 1. The third-order valence-corrected chi connectivity index (χ3v) is 2.92. The Morgan fingerprint density at radius 2 is 2.47 bits per heavy atom. The van der Waals surface area contributed by atoms with Crippen LogP contribution in [0.1, 0.15) is 24.5 Å². The molecule has 2 heterocycles. The quantitative estimate of drug-likeness (QED) is 0.708. The Morgan fingerprint density at radius 1 is 1.67 bits per heavy atom. The van der Waals surface area contributed by atoms with Crippen molar-refractivity contribution >= 4 is 17.4 Å². The Kier molecular flexibility index (Phi) is 3.09. The number of aliphatic hydroxyl groups is 1. The average Bonchev–Trinajstić information content (AvgIpc) is 2.74. The SMILES string of the molecule is Nc1ncc(Cl)cc1C(O)C1CCCN1. The molecule has 0 spiro atoms. The van der Waals surface area contributed by atoms with Crippen molar-refractivity contribution in [3.05, 3.63) is 22.8 Å². The maximum Gasteiger partial charge on any atom is 0.129 e. The summed E-state index contributed by atoms with van der Waals surface area (Å²) < 4.78 is 0. The minimum Gasteiger partial charge on any atom is -0.387 e. The fourth-order valence-electron chi connectivity index (χ4n) is 1.90. The summed E-state index contributed by atoms with van der Waals surface area (Å²) in [6.45, 7) is 0.940. The van der Waals surface area contributed by atoms with E-state index >= 15 is 0 Å². The summed E-state index contributed by atoms with van der Waals surface area (Å²) in [5, 5.41) is 13.8. The molecular weight excluding hydrogens is 214 g/mol. The van der Waals surface area contributed by atoms with Crippen LogP contribution in [0.25, 0.3) is 0 Å². The highest BCUT2D eigenvalue weighted by molar-refractivity contribution is 6.30. The van der Waals surface area contributed by atoms with Crippen LogP contribution < -0.4 is 11.1 Å². The number of hydrogen-bond donors (Lipinski definition) is 3. The number of halogens is 1. The van der Waals surface area contributed by atoms with Crippen molar-refractivity contribution in [3.8, 4) is 0 Å². The smallest absolute Gasteiger partial charge is 0.129 e. The van der Waals surface area contributed by atoms with E-state index in [1.54, 1.807) is 6.07 Å². The number of aromatic nitrogens is 1. The van der Waals surface area contributed by atoms with Crippen LogP contribution in [0.4, 0.5) is 5.82 Å². The maximum absolute atomic E-state index is 10.1. The molecule has 0 radical (unpaired) electrons. The zero-order valence-electron chi connectivity index (χ0n) is 8.28. The van der Waals surface area contributed by atoms with Crippen molar-refractivity contribution in [3.63, 3.8) is 0 Å². The van der Waals surface area contributed by atoms with Gasteiger partial charge < -0.3 is 16.2 Å². The number of nitrogens with two attached hydrogens (primary N) is 1. The molecule has 1 fully saturated rings. The molecule has 4 N–H and O–H groups in total. The molecule has 1 aromatic rings. The fourth-order valence-corrected chi connectivity index (χ4v) is 2.07. The standard InChI is InChI=1S/C10H14ClN3O/c11-6-4-7(10(12)14-5-6)9(15)8-2-1-3-13-8/h4-5,8-9,13,15H,1-3H2,(H2,12,14). The van der Waals surface area contributed by atoms with Gasteiger partial charge in [-0.3, -0.25) is 0 Å². The second-order valence-corrected chi connectivity index (χ2v) is 4.21. The lowest BCUT2D eigenvalue weighted by Gasteiger charge is -2.19. The third kappa shape index (κ3) is 2.22. The van der Waals surface area contributed by atoms with Crippen LogP contribution >= 0.6 is 11.6 Å². The Morgan fingerprint density at radius 3 is 3.13 bits per heavy atom. The van der Waals surface area contributed by atoms with E-state index in [1.165, 1.54) is 6.20 Å². The molecule has 1 saturated heterocycles. The molecule has 0 saturated carbocycles. The number of aliphatic hydroxyl groups excluding tert-OH is 1. The molecule has 2 atom stereocenters. The van der Waals surface area contributed by atoms with Gasteiger partial charge in [0.15, 0.2) is 0 Å². The number of anilines is 1. The summed E-state index contributed by atoms with van der Waals surface area (Å²) in [5.74, 6) is 0.348. The first-order valence-electron chi connectivity index (χ1n) is 5.01. The average molecular weight is 228 g/mol. The zero-order chi connectivity index (χ0) is 10.8. The van der Waals surface area contributed by atoms with Crippen LogP contribution in [0.3, 0.4) is 0 Å². The number of pyridine rings is 1. The summed E-state index contributed by atoms with van der Waals surface area (Å²) in [7, 11) is 0. The van der Waals surface area contributed by atoms with E-state index in [1.807, 2.05) is 0 Å². The first-order chi connectivity index (χ1) is 7.18. The highest BCUT2D eigenvalue weighted by Crippen LogP contribution is 2.27. The van der Waals surface area contributed by atoms with Crippen molar-refractivity contribution in [1.82, 2.24) is 10.3 Å². The monoisotopic (exact) mass is 227 g/mol. The van der Waals surface area contributed by atoms with Gasteiger partial charge in [-0.25, -0.2) is 4.98 Å². The summed E-state index contributed by atoms with van der Waals surface area (Å²) in [6.07, 6.45) is 2.89. The molecule has 2 unspecified atom stereocenters. The minimum absolute atomic E-state index is 0.0626. The fraction of sp³-hybridized carbons (Fsp3) is 0.500. The van der Waals surface area contributed by atoms with E-state index < -0.39 is 6.10 Å². The molecule has 4 nitrogen and oxygen atoms in total. The lowest BCUT2D eigenvalue weighted by Crippen LogP contribution is -2.29. The van der Waals surface area contributed by atoms with Crippen molar-refractivity contribution in [2.45, 2.75) is 25.0 Å². The van der Waals surface area contributed by atoms with Gasteiger partial charge in [0.2, 0.25) is 0 Å². The van der Waals surface area contributed by atoms with Crippen LogP contribution in [0.15, 0.2) is 12.3 Å². The molecule has 0 amide bonds. The molecule has 1 aliphatic heterocycles. The Balaban J connectivity index is 2.23. The summed E-state index contributed by atoms with van der Waals surface area (Å²) in [6, 6.07) is 1.74. The van der Waals surface area contributed by atoms with E-state index in [0.717, 1.165) is 19.4 Å². The molecule has 0 aliphatic carbocycles. The molecule has 0 bridgehead atoms. The van der Waals surface area contributed by atoms with Gasteiger partial charge in [0.25, 0.3) is 0 Å². The molecule has 0 aromatic carbocycles. The highest BCUT2D eigenvalue weighted by atomic mass is 35.5. The van der Waals surface area contributed by atoms with E-state index in [4.69, 9.17) is 17.3 Å². The number of rotatable bonds is 2. The highest BCUT2D eigenvalue weighted by Gasteiger charge is 2.25. The van der Waals surface area contributed by atoms with Gasteiger partial charge in [0, 0.05) is 17.8 Å². The van der Waals surface area contributed by atoms with Gasteiger partial charge in [0.05, 0.1) is 11.1 Å². The topological polar surface area (TPSA) is 71.2 Å². The van der Waals surface area contributed by atoms with Gasteiger partial charge >= 0.3 is 0 Å². The molecule has 1 aliphatic rings. The number of nitrogen functional groups attached to an aromatic ring is 1. The van der Waals surface area contributed by atoms with E-state index in [9.17, 15) is 5.11 Å². The van der Waals surface area contributed by atoms with Crippen LogP contribution in [0.2, 0.25) is 5.02 Å². The Labute approximate surface area is 93.5 Å². The van der Waals surface area contributed by atoms with Gasteiger partial charge in [-0.2, -0.15) is 0 Å². The van der Waals surface area contributed by atoms with Gasteiger partial charge in [-0.1, -0.05) is 11.6 Å². The molecule has 15 heavy (non-hydrogen) atoms. The number of hydrogen-bond acceptors (Lipinski definition) is 4. The summed E-state index contributed by atoms with van der Waals surface area (Å²) in [5.41, 5.74) is 6.31. The zero-order valence-corrected chi connectivity index (χ0v) is 9.04. The van der Waals surface area contributed by atoms with Crippen molar-refractivity contribution in [2.24, 2.45) is 0 Å². The molecule has 82 valence electrons. The lowest BCUT2D eigenvalue weighted by atomic mass is 10.0. The molecular formula is C10H14ClN3O. The predicted octanol–water partition coefficient (Wildman–Crippen LogP) is 1.10. The summed E-state index contributed by atoms with van der Waals surface area (Å²) in [4.78, 5) is 3.93. The minimum atomic E-state index is -0.626. The molecule has 2 rings (SSSR count). The Hall–Kier alpha value is -0.840. The lowest BCUT2D eigenvalue weighted by molar-refractivity contribution is 0.138. The van der Waals surface area contributed by atoms with E-state index in [-0.39, 0.29) is 6.04 Å². The Bertz CT molecular complexity index is 353.